The average molecular weight is 287 g/mol. The monoisotopic (exact) mass is 286 g/mol. The van der Waals surface area contributed by atoms with Crippen molar-refractivity contribution < 1.29 is 9.53 Å². The van der Waals surface area contributed by atoms with Gasteiger partial charge >= 0.3 is 5.97 Å². The summed E-state index contributed by atoms with van der Waals surface area (Å²) in [6, 6.07) is 3.54. The van der Waals surface area contributed by atoms with Gasteiger partial charge in [-0.1, -0.05) is 27.3 Å². The molecule has 4 nitrogen and oxygen atoms in total. The van der Waals surface area contributed by atoms with Crippen LogP contribution in [0.15, 0.2) is 16.6 Å². The Morgan fingerprint density at radius 2 is 2.33 bits per heavy atom. The molecule has 0 saturated heterocycles. The zero-order chi connectivity index (χ0) is 11.0. The fourth-order valence-electron chi connectivity index (χ4n) is 1.28. The second-order valence-corrected chi connectivity index (χ2v) is 4.82. The van der Waals surface area contributed by atoms with Crippen molar-refractivity contribution in [2.75, 3.05) is 12.8 Å². The van der Waals surface area contributed by atoms with Crippen LogP contribution in [-0.4, -0.2) is 18.1 Å². The van der Waals surface area contributed by atoms with Gasteiger partial charge in [0.1, 0.15) is 0 Å². The van der Waals surface area contributed by atoms with Crippen LogP contribution in [0.2, 0.25) is 0 Å². The summed E-state index contributed by atoms with van der Waals surface area (Å²) in [7, 11) is 1.34. The Morgan fingerprint density at radius 3 is 3.00 bits per heavy atom. The molecule has 1 heterocycles. The molecule has 2 rings (SSSR count). The highest BCUT2D eigenvalue weighted by atomic mass is 79.9. The Morgan fingerprint density at radius 1 is 1.60 bits per heavy atom. The van der Waals surface area contributed by atoms with Gasteiger partial charge in [-0.05, 0) is 12.1 Å². The molecule has 0 radical (unpaired) electrons. The van der Waals surface area contributed by atoms with Crippen LogP contribution in [0.4, 0.5) is 5.13 Å². The molecule has 0 fully saturated rings. The smallest absolute Gasteiger partial charge is 0.340 e. The number of nitrogens with two attached hydrogens (primary N) is 1. The Hall–Kier alpha value is -1.14. The van der Waals surface area contributed by atoms with Gasteiger partial charge < -0.3 is 10.5 Å². The number of carbonyl (C=O) groups excluding carboxylic acids is 1. The van der Waals surface area contributed by atoms with E-state index in [9.17, 15) is 4.79 Å². The molecule has 1 aromatic carbocycles. The maximum absolute atomic E-state index is 11.5. The van der Waals surface area contributed by atoms with Gasteiger partial charge in [-0.15, -0.1) is 0 Å². The van der Waals surface area contributed by atoms with Crippen molar-refractivity contribution in [2.24, 2.45) is 0 Å². The molecule has 0 saturated carbocycles. The number of nitrogen functional groups attached to an aromatic ring is 1. The molecule has 15 heavy (non-hydrogen) atoms. The number of hydrogen-bond donors (Lipinski definition) is 1. The lowest BCUT2D eigenvalue weighted by atomic mass is 10.2. The van der Waals surface area contributed by atoms with Gasteiger partial charge in [0.25, 0.3) is 0 Å². The quantitative estimate of drug-likeness (QED) is 0.818. The first-order chi connectivity index (χ1) is 7.11. The van der Waals surface area contributed by atoms with Crippen molar-refractivity contribution in [1.82, 2.24) is 4.98 Å². The predicted octanol–water partition coefficient (Wildman–Crippen LogP) is 2.43. The third kappa shape index (κ3) is 1.82. The molecule has 6 heteroatoms. The van der Waals surface area contributed by atoms with Crippen molar-refractivity contribution in [3.05, 3.63) is 22.2 Å². The molecule has 0 atom stereocenters. The van der Waals surface area contributed by atoms with Crippen LogP contribution < -0.4 is 5.73 Å². The van der Waals surface area contributed by atoms with E-state index in [-0.39, 0.29) is 0 Å². The third-order valence-electron chi connectivity index (χ3n) is 1.88. The molecule has 0 aliphatic heterocycles. The second-order valence-electron chi connectivity index (χ2n) is 2.84. The molecule has 0 amide bonds. The number of aromatic nitrogens is 1. The molecular weight excluding hydrogens is 280 g/mol. The van der Waals surface area contributed by atoms with Crippen LogP contribution >= 0.6 is 27.3 Å². The Labute approximate surface area is 98.2 Å². The standard InChI is InChI=1S/C9H7BrN2O2S/c1-14-8(13)5-2-4(10)3-6-7(5)12-9(11)15-6/h2-3H,1H3,(H2,11,12). The number of thiazole rings is 1. The van der Waals surface area contributed by atoms with Gasteiger partial charge in [0, 0.05) is 4.47 Å². The van der Waals surface area contributed by atoms with Crippen molar-refractivity contribution >= 4 is 48.6 Å². The number of hydrogen-bond acceptors (Lipinski definition) is 5. The SMILES string of the molecule is COC(=O)c1cc(Br)cc2sc(N)nc12. The number of esters is 1. The summed E-state index contributed by atoms with van der Waals surface area (Å²) in [5.74, 6) is -0.411. The van der Waals surface area contributed by atoms with Crippen molar-refractivity contribution in [3.8, 4) is 0 Å². The maximum Gasteiger partial charge on any atom is 0.340 e. The molecule has 0 spiro atoms. The minimum atomic E-state index is -0.411. The molecule has 0 unspecified atom stereocenters. The number of carbonyl (C=O) groups is 1. The van der Waals surface area contributed by atoms with Crippen LogP contribution in [0.3, 0.4) is 0 Å². The van der Waals surface area contributed by atoms with E-state index in [1.165, 1.54) is 18.4 Å². The number of nitrogens with zero attached hydrogens (tertiary/aromatic N) is 1. The molecule has 2 N–H and O–H groups in total. The largest absolute Gasteiger partial charge is 0.465 e. The first kappa shape index (κ1) is 10.4. The second kappa shape index (κ2) is 3.79. The lowest BCUT2D eigenvalue weighted by Crippen LogP contribution is -2.02. The van der Waals surface area contributed by atoms with Gasteiger partial charge in [-0.2, -0.15) is 0 Å². The summed E-state index contributed by atoms with van der Waals surface area (Å²) in [5, 5.41) is 0.438. The number of ether oxygens (including phenoxy) is 1. The summed E-state index contributed by atoms with van der Waals surface area (Å²) < 4.78 is 6.34. The summed E-state index contributed by atoms with van der Waals surface area (Å²) in [6.07, 6.45) is 0. The van der Waals surface area contributed by atoms with Crippen LogP contribution in [-0.2, 0) is 4.74 Å². The highest BCUT2D eigenvalue weighted by Crippen LogP contribution is 2.30. The fraction of sp³-hybridized carbons (Fsp3) is 0.111. The zero-order valence-electron chi connectivity index (χ0n) is 7.78. The average Bonchev–Trinajstić information content (AvgIpc) is 2.55. The topological polar surface area (TPSA) is 65.2 Å². The van der Waals surface area contributed by atoms with Gasteiger partial charge in [0.2, 0.25) is 0 Å². The molecule has 2 aromatic rings. The van der Waals surface area contributed by atoms with Crippen molar-refractivity contribution in [3.63, 3.8) is 0 Å². The van der Waals surface area contributed by atoms with E-state index in [1.54, 1.807) is 6.07 Å². The first-order valence-corrected chi connectivity index (χ1v) is 5.66. The molecule has 1 aromatic heterocycles. The Bertz CT molecular complexity index is 538. The number of halogens is 1. The number of rotatable bonds is 1. The van der Waals surface area contributed by atoms with Crippen molar-refractivity contribution in [1.29, 1.82) is 0 Å². The number of anilines is 1. The summed E-state index contributed by atoms with van der Waals surface area (Å²) in [4.78, 5) is 15.6. The van der Waals surface area contributed by atoms with Crippen LogP contribution in [0, 0.1) is 0 Å². The molecule has 78 valence electrons. The fourth-order valence-corrected chi connectivity index (χ4v) is 2.69. The van der Waals surface area contributed by atoms with E-state index in [0.29, 0.717) is 16.2 Å². The zero-order valence-corrected chi connectivity index (χ0v) is 10.2. The summed E-state index contributed by atoms with van der Waals surface area (Å²) in [5.41, 5.74) is 6.61. The minimum absolute atomic E-state index is 0.411. The van der Waals surface area contributed by atoms with Gasteiger partial charge in [-0.25, -0.2) is 9.78 Å². The van der Waals surface area contributed by atoms with E-state index >= 15 is 0 Å². The molecule has 0 aliphatic rings. The van der Waals surface area contributed by atoms with Crippen molar-refractivity contribution in [2.45, 2.75) is 0 Å². The summed E-state index contributed by atoms with van der Waals surface area (Å²) >= 11 is 4.66. The summed E-state index contributed by atoms with van der Waals surface area (Å²) in [6.45, 7) is 0. The molecular formula is C9H7BrN2O2S. The van der Waals surface area contributed by atoms with Gasteiger partial charge in [0.15, 0.2) is 5.13 Å². The van der Waals surface area contributed by atoms with Crippen LogP contribution in [0.1, 0.15) is 10.4 Å². The van der Waals surface area contributed by atoms with E-state index < -0.39 is 5.97 Å². The third-order valence-corrected chi connectivity index (χ3v) is 3.17. The van der Waals surface area contributed by atoms with Gasteiger partial charge in [-0.3, -0.25) is 0 Å². The molecule has 0 bridgehead atoms. The first-order valence-electron chi connectivity index (χ1n) is 4.05. The van der Waals surface area contributed by atoms with E-state index in [1.807, 2.05) is 6.07 Å². The van der Waals surface area contributed by atoms with E-state index in [2.05, 4.69) is 25.7 Å². The predicted molar refractivity (Wildman–Crippen MR) is 63.1 cm³/mol. The Kier molecular flexibility index (Phi) is 2.62. The van der Waals surface area contributed by atoms with Crippen LogP contribution in [0.5, 0.6) is 0 Å². The lowest BCUT2D eigenvalue weighted by Gasteiger charge is -2.00. The van der Waals surface area contributed by atoms with E-state index in [4.69, 9.17) is 5.73 Å². The highest BCUT2D eigenvalue weighted by molar-refractivity contribution is 9.10. The maximum atomic E-state index is 11.5. The van der Waals surface area contributed by atoms with Crippen LogP contribution in [0.25, 0.3) is 10.2 Å². The number of methoxy groups -OCH3 is 1. The normalized spacial score (nSPS) is 10.5. The van der Waals surface area contributed by atoms with Gasteiger partial charge in [0.05, 0.1) is 22.9 Å². The Balaban J connectivity index is 2.75. The molecule has 0 aliphatic carbocycles. The number of benzene rings is 1. The minimum Gasteiger partial charge on any atom is -0.465 e. The van der Waals surface area contributed by atoms with E-state index in [0.717, 1.165) is 9.17 Å². The highest BCUT2D eigenvalue weighted by Gasteiger charge is 2.14. The number of fused-ring (bicyclic) bond motifs is 1. The lowest BCUT2D eigenvalue weighted by molar-refractivity contribution is 0.0603.